The van der Waals surface area contributed by atoms with E-state index in [9.17, 15) is 21.6 Å². The van der Waals surface area contributed by atoms with Crippen LogP contribution in [0.25, 0.3) is 5.69 Å². The smallest absolute Gasteiger partial charge is 0.381 e. The Morgan fingerprint density at radius 1 is 1.11 bits per heavy atom. The molecule has 10 heteroatoms. The molecule has 3 N–H and O–H groups in total. The molecule has 0 bridgehead atoms. The number of imidazole rings is 1. The Kier molecular flexibility index (Phi) is 4.94. The minimum atomic E-state index is -4.84. The molecule has 3 aromatic rings. The normalized spacial score (nSPS) is 12.1. The number of halogens is 3. The van der Waals surface area contributed by atoms with Crippen LogP contribution in [-0.4, -0.2) is 18.0 Å². The van der Waals surface area contributed by atoms with E-state index in [1.54, 1.807) is 18.7 Å². The molecule has 0 fully saturated rings. The summed E-state index contributed by atoms with van der Waals surface area (Å²) in [7, 11) is -4.48. The van der Waals surface area contributed by atoms with Crippen molar-refractivity contribution >= 4 is 15.7 Å². The number of benzene rings is 2. The molecule has 142 valence electrons. The fourth-order valence-corrected chi connectivity index (χ4v) is 3.25. The molecule has 0 saturated carbocycles. The molecule has 0 saturated heterocycles. The Morgan fingerprint density at radius 2 is 1.81 bits per heavy atom. The first-order valence-electron chi connectivity index (χ1n) is 7.70. The molecule has 0 aliphatic carbocycles. The summed E-state index contributed by atoms with van der Waals surface area (Å²) in [5.41, 5.74) is 0.565. The summed E-state index contributed by atoms with van der Waals surface area (Å²) < 4.78 is 64.0. The number of rotatable bonds is 5. The van der Waals surface area contributed by atoms with E-state index in [1.807, 2.05) is 28.8 Å². The van der Waals surface area contributed by atoms with Gasteiger partial charge in [-0.2, -0.15) is 13.2 Å². The van der Waals surface area contributed by atoms with Crippen LogP contribution in [0.3, 0.4) is 0 Å². The molecule has 1 heterocycles. The van der Waals surface area contributed by atoms with Crippen molar-refractivity contribution in [2.45, 2.75) is 17.6 Å². The first kappa shape index (κ1) is 18.9. The van der Waals surface area contributed by atoms with Crippen LogP contribution in [0.15, 0.2) is 66.1 Å². The lowest BCUT2D eigenvalue weighted by atomic mass is 10.1. The predicted octanol–water partition coefficient (Wildman–Crippen LogP) is 3.15. The maximum Gasteiger partial charge on any atom is 0.417 e. The third kappa shape index (κ3) is 4.47. The van der Waals surface area contributed by atoms with Crippen molar-refractivity contribution in [3.05, 3.63) is 72.3 Å². The van der Waals surface area contributed by atoms with E-state index in [0.29, 0.717) is 0 Å². The zero-order valence-electron chi connectivity index (χ0n) is 13.8. The van der Waals surface area contributed by atoms with Gasteiger partial charge in [-0.25, -0.2) is 18.5 Å². The lowest BCUT2D eigenvalue weighted by molar-refractivity contribution is -0.139. The van der Waals surface area contributed by atoms with Gasteiger partial charge in [0, 0.05) is 30.3 Å². The number of nitrogens with zero attached hydrogens (tertiary/aromatic N) is 2. The molecule has 0 radical (unpaired) electrons. The van der Waals surface area contributed by atoms with Gasteiger partial charge in [-0.3, -0.25) is 0 Å². The SMILES string of the molecule is NS(=O)(=O)c1ccc(NCc2ccc(-n3ccnc3)cc2)cc1C(F)(F)F. The van der Waals surface area contributed by atoms with Gasteiger partial charge in [0.2, 0.25) is 10.0 Å². The first-order valence-corrected chi connectivity index (χ1v) is 9.24. The molecule has 0 spiro atoms. The van der Waals surface area contributed by atoms with Crippen LogP contribution in [0.2, 0.25) is 0 Å². The van der Waals surface area contributed by atoms with Gasteiger partial charge >= 0.3 is 6.18 Å². The Labute approximate surface area is 153 Å². The number of sulfonamides is 1. The van der Waals surface area contributed by atoms with Gasteiger partial charge in [0.1, 0.15) is 0 Å². The summed E-state index contributed by atoms with van der Waals surface area (Å²) in [6, 6.07) is 10.2. The van der Waals surface area contributed by atoms with Crippen LogP contribution < -0.4 is 10.5 Å². The molecule has 0 aliphatic rings. The summed E-state index contributed by atoms with van der Waals surface area (Å²) >= 11 is 0. The lowest BCUT2D eigenvalue weighted by Crippen LogP contribution is -2.19. The lowest BCUT2D eigenvalue weighted by Gasteiger charge is -2.14. The number of hydrogen-bond acceptors (Lipinski definition) is 4. The zero-order valence-corrected chi connectivity index (χ0v) is 14.6. The second kappa shape index (κ2) is 7.05. The van der Waals surface area contributed by atoms with Gasteiger partial charge < -0.3 is 9.88 Å². The summed E-state index contributed by atoms with van der Waals surface area (Å²) in [6.45, 7) is 0.260. The number of anilines is 1. The molecule has 2 aromatic carbocycles. The van der Waals surface area contributed by atoms with Gasteiger partial charge in [0.25, 0.3) is 0 Å². The van der Waals surface area contributed by atoms with E-state index >= 15 is 0 Å². The number of primary sulfonamides is 1. The Balaban J connectivity index is 1.78. The molecule has 27 heavy (non-hydrogen) atoms. The predicted molar refractivity (Wildman–Crippen MR) is 93.7 cm³/mol. The maximum atomic E-state index is 13.1. The second-order valence-corrected chi connectivity index (χ2v) is 7.27. The van der Waals surface area contributed by atoms with E-state index in [1.165, 1.54) is 6.07 Å². The molecular formula is C17H15F3N4O2S. The number of hydrogen-bond donors (Lipinski definition) is 2. The van der Waals surface area contributed by atoms with Crippen molar-refractivity contribution < 1.29 is 21.6 Å². The summed E-state index contributed by atoms with van der Waals surface area (Å²) in [4.78, 5) is 3.00. The average Bonchev–Trinajstić information content (AvgIpc) is 3.13. The molecule has 0 amide bonds. The molecular weight excluding hydrogens is 381 g/mol. The van der Waals surface area contributed by atoms with Crippen molar-refractivity contribution in [2.75, 3.05) is 5.32 Å². The van der Waals surface area contributed by atoms with Crippen molar-refractivity contribution in [3.63, 3.8) is 0 Å². The monoisotopic (exact) mass is 396 g/mol. The Morgan fingerprint density at radius 3 is 2.37 bits per heavy atom. The van der Waals surface area contributed by atoms with Crippen LogP contribution in [0.5, 0.6) is 0 Å². The third-order valence-electron chi connectivity index (χ3n) is 3.83. The van der Waals surface area contributed by atoms with Crippen LogP contribution in [-0.2, 0) is 22.7 Å². The minimum Gasteiger partial charge on any atom is -0.381 e. The van der Waals surface area contributed by atoms with Gasteiger partial charge in [0.15, 0.2) is 0 Å². The van der Waals surface area contributed by atoms with E-state index in [0.717, 1.165) is 23.4 Å². The minimum absolute atomic E-state index is 0.133. The molecule has 0 aliphatic heterocycles. The summed E-state index contributed by atoms with van der Waals surface area (Å²) in [5.74, 6) is 0. The number of nitrogens with one attached hydrogen (secondary N) is 1. The van der Waals surface area contributed by atoms with Gasteiger partial charge in [-0.1, -0.05) is 12.1 Å². The zero-order chi connectivity index (χ0) is 19.7. The average molecular weight is 396 g/mol. The largest absolute Gasteiger partial charge is 0.417 e. The fraction of sp³-hybridized carbons (Fsp3) is 0.118. The highest BCUT2D eigenvalue weighted by molar-refractivity contribution is 7.89. The number of nitrogens with two attached hydrogens (primary N) is 1. The highest BCUT2D eigenvalue weighted by atomic mass is 32.2. The van der Waals surface area contributed by atoms with Crippen molar-refractivity contribution in [2.24, 2.45) is 5.14 Å². The maximum absolute atomic E-state index is 13.1. The summed E-state index contributed by atoms with van der Waals surface area (Å²) in [5, 5.41) is 7.72. The standard InChI is InChI=1S/C17H15F3N4O2S/c18-17(19,20)15-9-13(3-6-16(15)27(21,25)26)23-10-12-1-4-14(5-2-12)24-8-7-22-11-24/h1-9,11,23H,10H2,(H2,21,25,26). The Bertz CT molecular complexity index is 1030. The van der Waals surface area contributed by atoms with Crippen LogP contribution >= 0.6 is 0 Å². The van der Waals surface area contributed by atoms with E-state index < -0.39 is 26.7 Å². The van der Waals surface area contributed by atoms with Crippen LogP contribution in [0, 0.1) is 0 Å². The summed E-state index contributed by atoms with van der Waals surface area (Å²) in [6.07, 6.45) is 0.253. The quantitative estimate of drug-likeness (QED) is 0.693. The van der Waals surface area contributed by atoms with E-state index in [4.69, 9.17) is 5.14 Å². The molecule has 0 atom stereocenters. The van der Waals surface area contributed by atoms with Crippen LogP contribution in [0.1, 0.15) is 11.1 Å². The molecule has 3 rings (SSSR count). The highest BCUT2D eigenvalue weighted by Crippen LogP contribution is 2.35. The van der Waals surface area contributed by atoms with Gasteiger partial charge in [0.05, 0.1) is 16.8 Å². The second-order valence-electron chi connectivity index (χ2n) is 5.74. The van der Waals surface area contributed by atoms with Gasteiger partial charge in [-0.05, 0) is 35.9 Å². The Hall–Kier alpha value is -2.85. The van der Waals surface area contributed by atoms with Crippen molar-refractivity contribution in [1.29, 1.82) is 0 Å². The molecule has 1 aromatic heterocycles. The number of alkyl halides is 3. The molecule has 0 unspecified atom stereocenters. The first-order chi connectivity index (χ1) is 12.6. The topological polar surface area (TPSA) is 90.0 Å². The van der Waals surface area contributed by atoms with E-state index in [2.05, 4.69) is 10.3 Å². The fourth-order valence-electron chi connectivity index (χ4n) is 2.51. The molecule has 6 nitrogen and oxygen atoms in total. The van der Waals surface area contributed by atoms with E-state index in [-0.39, 0.29) is 12.2 Å². The van der Waals surface area contributed by atoms with Crippen LogP contribution in [0.4, 0.5) is 18.9 Å². The highest BCUT2D eigenvalue weighted by Gasteiger charge is 2.36. The number of aromatic nitrogens is 2. The van der Waals surface area contributed by atoms with Crippen molar-refractivity contribution in [3.8, 4) is 5.69 Å². The third-order valence-corrected chi connectivity index (χ3v) is 4.80. The van der Waals surface area contributed by atoms with Gasteiger partial charge in [-0.15, -0.1) is 0 Å². The van der Waals surface area contributed by atoms with Crippen molar-refractivity contribution in [1.82, 2.24) is 9.55 Å².